The van der Waals surface area contributed by atoms with Gasteiger partial charge in [-0.25, -0.2) is 4.98 Å². The van der Waals surface area contributed by atoms with Crippen molar-refractivity contribution in [1.82, 2.24) is 14.5 Å². The maximum atomic E-state index is 11.2. The summed E-state index contributed by atoms with van der Waals surface area (Å²) in [5.41, 5.74) is 8.63. The molecule has 5 rings (SSSR count). The molecule has 2 fully saturated rings. The number of aromatic nitrogens is 2. The van der Waals surface area contributed by atoms with Crippen molar-refractivity contribution in [1.29, 1.82) is 0 Å². The predicted molar refractivity (Wildman–Crippen MR) is 124 cm³/mol. The summed E-state index contributed by atoms with van der Waals surface area (Å²) in [5.74, 6) is 1.90. The summed E-state index contributed by atoms with van der Waals surface area (Å²) >= 11 is 0. The van der Waals surface area contributed by atoms with E-state index < -0.39 is 5.91 Å². The van der Waals surface area contributed by atoms with Crippen LogP contribution in [0.1, 0.15) is 41.1 Å². The van der Waals surface area contributed by atoms with Gasteiger partial charge < -0.3 is 20.1 Å². The van der Waals surface area contributed by atoms with Crippen LogP contribution in [0, 0.1) is 5.92 Å². The second kappa shape index (κ2) is 8.35. The van der Waals surface area contributed by atoms with E-state index in [-0.39, 0.29) is 0 Å². The van der Waals surface area contributed by atoms with Gasteiger partial charge in [0.15, 0.2) is 0 Å². The Labute approximate surface area is 183 Å². The lowest BCUT2D eigenvalue weighted by atomic mass is 9.96. The van der Waals surface area contributed by atoms with Crippen molar-refractivity contribution in [3.63, 3.8) is 0 Å². The Bertz CT molecular complexity index is 1070. The number of carbonyl (C=O) groups is 1. The van der Waals surface area contributed by atoms with Crippen molar-refractivity contribution in [2.45, 2.75) is 25.2 Å². The molecule has 2 saturated heterocycles. The summed E-state index contributed by atoms with van der Waals surface area (Å²) in [6.45, 7) is 5.61. The van der Waals surface area contributed by atoms with E-state index in [1.165, 1.54) is 55.4 Å². The molecule has 31 heavy (non-hydrogen) atoms. The SMILES string of the molecule is Cn1cc(C2CCN(CC3CCN(c4ccc(C(N)=O)cn4)CC3)C2)c2ccccc21. The highest BCUT2D eigenvalue weighted by Gasteiger charge is 2.29. The van der Waals surface area contributed by atoms with E-state index in [4.69, 9.17) is 5.73 Å². The first-order valence-corrected chi connectivity index (χ1v) is 11.4. The Morgan fingerprint density at radius 2 is 1.90 bits per heavy atom. The Kier molecular flexibility index (Phi) is 5.40. The largest absolute Gasteiger partial charge is 0.366 e. The van der Waals surface area contributed by atoms with E-state index in [9.17, 15) is 4.79 Å². The molecule has 2 aromatic heterocycles. The van der Waals surface area contributed by atoms with Crippen LogP contribution in [-0.4, -0.2) is 53.1 Å². The fourth-order valence-electron chi connectivity index (χ4n) is 5.38. The van der Waals surface area contributed by atoms with Gasteiger partial charge in [0.25, 0.3) is 0 Å². The molecule has 0 bridgehead atoms. The number of anilines is 1. The molecule has 0 spiro atoms. The number of hydrogen-bond acceptors (Lipinski definition) is 4. The lowest BCUT2D eigenvalue weighted by molar-refractivity contribution is 0.1000. The number of benzene rings is 1. The van der Waals surface area contributed by atoms with Crippen LogP contribution in [0.2, 0.25) is 0 Å². The second-order valence-electron chi connectivity index (χ2n) is 9.16. The minimum atomic E-state index is -0.426. The van der Waals surface area contributed by atoms with Gasteiger partial charge in [-0.15, -0.1) is 0 Å². The van der Waals surface area contributed by atoms with E-state index in [0.717, 1.165) is 24.8 Å². The number of piperidine rings is 1. The maximum absolute atomic E-state index is 11.2. The van der Waals surface area contributed by atoms with Crippen LogP contribution in [0.3, 0.4) is 0 Å². The number of hydrogen-bond donors (Lipinski definition) is 1. The van der Waals surface area contributed by atoms with E-state index in [1.54, 1.807) is 12.3 Å². The van der Waals surface area contributed by atoms with Crippen LogP contribution < -0.4 is 10.6 Å². The number of nitrogens with two attached hydrogens (primary N) is 1. The lowest BCUT2D eigenvalue weighted by Crippen LogP contribution is -2.38. The molecule has 3 aromatic rings. The van der Waals surface area contributed by atoms with Gasteiger partial charge in [-0.1, -0.05) is 18.2 Å². The first-order chi connectivity index (χ1) is 15.1. The third-order valence-corrected chi connectivity index (χ3v) is 7.13. The smallest absolute Gasteiger partial charge is 0.250 e. The maximum Gasteiger partial charge on any atom is 0.250 e. The summed E-state index contributed by atoms with van der Waals surface area (Å²) in [6, 6.07) is 12.5. The number of primary amides is 1. The fraction of sp³-hybridized carbons (Fsp3) is 0.440. The van der Waals surface area contributed by atoms with Crippen molar-refractivity contribution in [2.24, 2.45) is 18.7 Å². The Hall–Kier alpha value is -2.86. The first-order valence-electron chi connectivity index (χ1n) is 11.4. The van der Waals surface area contributed by atoms with E-state index >= 15 is 0 Å². The number of fused-ring (bicyclic) bond motifs is 1. The quantitative estimate of drug-likeness (QED) is 0.691. The Morgan fingerprint density at radius 1 is 1.10 bits per heavy atom. The third-order valence-electron chi connectivity index (χ3n) is 7.13. The van der Waals surface area contributed by atoms with Gasteiger partial charge in [-0.3, -0.25) is 4.79 Å². The van der Waals surface area contributed by atoms with Crippen LogP contribution in [0.5, 0.6) is 0 Å². The Morgan fingerprint density at radius 3 is 2.65 bits per heavy atom. The van der Waals surface area contributed by atoms with E-state index in [1.807, 2.05) is 6.07 Å². The van der Waals surface area contributed by atoms with Crippen LogP contribution in [0.4, 0.5) is 5.82 Å². The van der Waals surface area contributed by atoms with Crippen LogP contribution in [0.25, 0.3) is 10.9 Å². The molecular formula is C25H31N5O. The van der Waals surface area contributed by atoms with Gasteiger partial charge in [-0.2, -0.15) is 0 Å². The van der Waals surface area contributed by atoms with Gasteiger partial charge in [0.2, 0.25) is 5.91 Å². The van der Waals surface area contributed by atoms with Crippen molar-refractivity contribution >= 4 is 22.6 Å². The highest BCUT2D eigenvalue weighted by molar-refractivity contribution is 5.92. The molecule has 1 amide bonds. The minimum absolute atomic E-state index is 0.426. The summed E-state index contributed by atoms with van der Waals surface area (Å²) in [5, 5.41) is 1.42. The number of para-hydroxylation sites is 1. The molecule has 2 N–H and O–H groups in total. The number of rotatable bonds is 5. The normalized spacial score (nSPS) is 20.5. The first kappa shape index (κ1) is 20.1. The molecule has 2 aliphatic rings. The zero-order valence-electron chi connectivity index (χ0n) is 18.2. The number of amides is 1. The van der Waals surface area contributed by atoms with E-state index in [2.05, 4.69) is 56.9 Å². The molecule has 0 saturated carbocycles. The predicted octanol–water partition coefficient (Wildman–Crippen LogP) is 3.38. The lowest BCUT2D eigenvalue weighted by Gasteiger charge is -2.34. The van der Waals surface area contributed by atoms with Gasteiger partial charge >= 0.3 is 0 Å². The van der Waals surface area contributed by atoms with Crippen molar-refractivity contribution < 1.29 is 4.79 Å². The topological polar surface area (TPSA) is 67.4 Å². The third kappa shape index (κ3) is 4.04. The zero-order chi connectivity index (χ0) is 21.4. The number of aryl methyl sites for hydroxylation is 1. The second-order valence-corrected chi connectivity index (χ2v) is 9.16. The molecular weight excluding hydrogens is 386 g/mol. The molecule has 1 atom stereocenters. The van der Waals surface area contributed by atoms with Gasteiger partial charge in [0, 0.05) is 56.5 Å². The monoisotopic (exact) mass is 417 g/mol. The van der Waals surface area contributed by atoms with Crippen LogP contribution in [0.15, 0.2) is 48.8 Å². The number of carbonyl (C=O) groups excluding carboxylic acids is 1. The molecule has 0 radical (unpaired) electrons. The van der Waals surface area contributed by atoms with Crippen LogP contribution >= 0.6 is 0 Å². The molecule has 6 nitrogen and oxygen atoms in total. The molecule has 162 valence electrons. The van der Waals surface area contributed by atoms with Crippen molar-refractivity contribution in [3.05, 3.63) is 59.9 Å². The summed E-state index contributed by atoms with van der Waals surface area (Å²) in [6.07, 6.45) is 7.56. The molecule has 2 aliphatic heterocycles. The Balaban J connectivity index is 1.16. The average Bonchev–Trinajstić information content (AvgIpc) is 3.39. The molecule has 6 heteroatoms. The standard InChI is InChI=1S/C25H31N5O/c1-28-17-22(21-4-2-3-5-23(21)28)20-10-11-29(16-20)15-18-8-12-30(13-9-18)24-7-6-19(14-27-24)25(26)31/h2-7,14,17-18,20H,8-13,15-16H2,1H3,(H2,26,31). The number of nitrogens with zero attached hydrogens (tertiary/aromatic N) is 4. The van der Waals surface area contributed by atoms with Gasteiger partial charge in [0.1, 0.15) is 5.82 Å². The fourth-order valence-corrected chi connectivity index (χ4v) is 5.38. The van der Waals surface area contributed by atoms with E-state index in [0.29, 0.717) is 11.5 Å². The minimum Gasteiger partial charge on any atom is -0.366 e. The average molecular weight is 418 g/mol. The molecule has 4 heterocycles. The van der Waals surface area contributed by atoms with Crippen molar-refractivity contribution in [2.75, 3.05) is 37.6 Å². The number of pyridine rings is 1. The van der Waals surface area contributed by atoms with Crippen molar-refractivity contribution in [3.8, 4) is 0 Å². The van der Waals surface area contributed by atoms with Gasteiger partial charge in [-0.05, 0) is 61.4 Å². The summed E-state index contributed by atoms with van der Waals surface area (Å²) < 4.78 is 2.27. The summed E-state index contributed by atoms with van der Waals surface area (Å²) in [7, 11) is 2.16. The molecule has 0 aliphatic carbocycles. The highest BCUT2D eigenvalue weighted by Crippen LogP contribution is 2.34. The molecule has 1 unspecified atom stereocenters. The molecule has 1 aromatic carbocycles. The van der Waals surface area contributed by atoms with Gasteiger partial charge in [0.05, 0.1) is 5.56 Å². The zero-order valence-corrected chi connectivity index (χ0v) is 18.2. The summed E-state index contributed by atoms with van der Waals surface area (Å²) in [4.78, 5) is 20.7. The van der Waals surface area contributed by atoms with Crippen LogP contribution in [-0.2, 0) is 7.05 Å². The number of likely N-dealkylation sites (tertiary alicyclic amines) is 1. The highest BCUT2D eigenvalue weighted by atomic mass is 16.1.